The van der Waals surface area contributed by atoms with Crippen LogP contribution in [0.25, 0.3) is 0 Å². The average Bonchev–Trinajstić information content (AvgIpc) is 2.40. The van der Waals surface area contributed by atoms with E-state index in [9.17, 15) is 9.18 Å². The Morgan fingerprint density at radius 3 is 2.40 bits per heavy atom. The van der Waals surface area contributed by atoms with Crippen molar-refractivity contribution >= 4 is 5.91 Å². The summed E-state index contributed by atoms with van der Waals surface area (Å²) in [5, 5.41) is 2.78. The summed E-state index contributed by atoms with van der Waals surface area (Å²) in [6, 6.07) is 6.03. The lowest BCUT2D eigenvalue weighted by Gasteiger charge is -2.33. The van der Waals surface area contributed by atoms with Gasteiger partial charge in [0.2, 0.25) is 5.91 Å². The average molecular weight is 281 g/mol. The Labute approximate surface area is 120 Å². The first-order chi connectivity index (χ1) is 9.49. The molecule has 3 N–H and O–H groups in total. The van der Waals surface area contributed by atoms with Crippen LogP contribution in [-0.2, 0) is 4.79 Å². The van der Waals surface area contributed by atoms with E-state index in [1.54, 1.807) is 12.1 Å². The molecule has 0 radical (unpaired) electrons. The molecule has 4 nitrogen and oxygen atoms in total. The number of nitrogens with zero attached hydrogens (tertiary/aromatic N) is 1. The van der Waals surface area contributed by atoms with Gasteiger partial charge in [-0.25, -0.2) is 4.39 Å². The van der Waals surface area contributed by atoms with E-state index >= 15 is 0 Å². The van der Waals surface area contributed by atoms with Crippen LogP contribution in [0, 0.1) is 5.82 Å². The van der Waals surface area contributed by atoms with Crippen LogP contribution in [0.1, 0.15) is 32.4 Å². The highest BCUT2D eigenvalue weighted by Crippen LogP contribution is 2.23. The standard InChI is InChI=1S/C15H24FN3O/c1-4-18-14(20)10-19(5-2)15(11(3)17)12-6-8-13(16)9-7-12/h6-9,11,15H,4-5,10,17H2,1-3H3,(H,18,20). The van der Waals surface area contributed by atoms with Crippen molar-refractivity contribution < 1.29 is 9.18 Å². The third-order valence-electron chi connectivity index (χ3n) is 3.23. The number of carbonyl (C=O) groups is 1. The third kappa shape index (κ3) is 4.58. The molecule has 0 aliphatic rings. The first-order valence-corrected chi connectivity index (χ1v) is 7.01. The maximum atomic E-state index is 13.0. The molecule has 0 heterocycles. The molecule has 0 saturated carbocycles. The highest BCUT2D eigenvalue weighted by atomic mass is 19.1. The van der Waals surface area contributed by atoms with E-state index in [2.05, 4.69) is 5.32 Å². The summed E-state index contributed by atoms with van der Waals surface area (Å²) in [4.78, 5) is 13.8. The van der Waals surface area contributed by atoms with E-state index in [0.29, 0.717) is 13.1 Å². The van der Waals surface area contributed by atoms with Crippen LogP contribution in [0.5, 0.6) is 0 Å². The maximum absolute atomic E-state index is 13.0. The smallest absolute Gasteiger partial charge is 0.234 e. The third-order valence-corrected chi connectivity index (χ3v) is 3.23. The fourth-order valence-corrected chi connectivity index (χ4v) is 2.35. The van der Waals surface area contributed by atoms with Crippen LogP contribution in [0.15, 0.2) is 24.3 Å². The van der Waals surface area contributed by atoms with E-state index in [1.807, 2.05) is 25.7 Å². The SMILES string of the molecule is CCNC(=O)CN(CC)C(c1ccc(F)cc1)C(C)N. The molecule has 1 rings (SSSR count). The Morgan fingerprint density at radius 2 is 1.95 bits per heavy atom. The molecule has 0 aliphatic carbocycles. The first-order valence-electron chi connectivity index (χ1n) is 7.01. The maximum Gasteiger partial charge on any atom is 0.234 e. The molecule has 0 aliphatic heterocycles. The highest BCUT2D eigenvalue weighted by Gasteiger charge is 2.24. The summed E-state index contributed by atoms with van der Waals surface area (Å²) in [5.74, 6) is -0.300. The molecular weight excluding hydrogens is 257 g/mol. The fourth-order valence-electron chi connectivity index (χ4n) is 2.35. The molecule has 0 spiro atoms. The predicted octanol–water partition coefficient (Wildman–Crippen LogP) is 1.67. The summed E-state index contributed by atoms with van der Waals surface area (Å²) in [6.07, 6.45) is 0. The van der Waals surface area contributed by atoms with Gasteiger partial charge in [0.05, 0.1) is 12.6 Å². The molecule has 0 aromatic heterocycles. The van der Waals surface area contributed by atoms with E-state index in [1.165, 1.54) is 12.1 Å². The van der Waals surface area contributed by atoms with E-state index < -0.39 is 0 Å². The lowest BCUT2D eigenvalue weighted by Crippen LogP contribution is -2.44. The Balaban J connectivity index is 2.92. The molecule has 20 heavy (non-hydrogen) atoms. The normalized spacial score (nSPS) is 14.1. The fraction of sp³-hybridized carbons (Fsp3) is 0.533. The van der Waals surface area contributed by atoms with Crippen LogP contribution in [0.3, 0.4) is 0 Å². The Kier molecular flexibility index (Phi) is 6.61. The number of carbonyl (C=O) groups excluding carboxylic acids is 1. The van der Waals surface area contributed by atoms with E-state index in [-0.39, 0.29) is 30.4 Å². The second kappa shape index (κ2) is 7.97. The lowest BCUT2D eigenvalue weighted by molar-refractivity contribution is -0.122. The van der Waals surface area contributed by atoms with E-state index in [0.717, 1.165) is 5.56 Å². The molecule has 2 atom stereocenters. The predicted molar refractivity (Wildman–Crippen MR) is 78.7 cm³/mol. The summed E-state index contributed by atoms with van der Waals surface area (Å²) in [7, 11) is 0. The highest BCUT2D eigenvalue weighted by molar-refractivity contribution is 5.78. The van der Waals surface area contributed by atoms with Gasteiger partial charge in [0.15, 0.2) is 0 Å². The van der Waals surface area contributed by atoms with E-state index in [4.69, 9.17) is 5.73 Å². The number of nitrogens with two attached hydrogens (primary N) is 1. The van der Waals surface area contributed by atoms with Crippen molar-refractivity contribution in [2.45, 2.75) is 32.9 Å². The monoisotopic (exact) mass is 281 g/mol. The zero-order valence-electron chi connectivity index (χ0n) is 12.4. The first kappa shape index (κ1) is 16.6. The molecule has 0 saturated heterocycles. The largest absolute Gasteiger partial charge is 0.355 e. The van der Waals surface area contributed by atoms with Crippen LogP contribution in [0.2, 0.25) is 0 Å². The van der Waals surface area contributed by atoms with Crippen molar-refractivity contribution in [1.82, 2.24) is 10.2 Å². The van der Waals surface area contributed by atoms with Gasteiger partial charge in [0.25, 0.3) is 0 Å². The van der Waals surface area contributed by atoms with Crippen LogP contribution >= 0.6 is 0 Å². The topological polar surface area (TPSA) is 58.4 Å². The second-order valence-corrected chi connectivity index (χ2v) is 4.87. The van der Waals surface area contributed by atoms with Crippen molar-refractivity contribution in [3.8, 4) is 0 Å². The second-order valence-electron chi connectivity index (χ2n) is 4.87. The Bertz CT molecular complexity index is 420. The number of nitrogens with one attached hydrogen (secondary N) is 1. The summed E-state index contributed by atoms with van der Waals surface area (Å²) in [5.41, 5.74) is 6.99. The molecule has 2 unspecified atom stereocenters. The number of rotatable bonds is 7. The molecule has 0 bridgehead atoms. The molecule has 0 fully saturated rings. The number of hydrogen-bond donors (Lipinski definition) is 2. The van der Waals surface area contributed by atoms with Crippen molar-refractivity contribution in [2.24, 2.45) is 5.73 Å². The summed E-state index contributed by atoms with van der Waals surface area (Å²) in [6.45, 7) is 7.36. The van der Waals surface area contributed by atoms with Gasteiger partial charge in [0.1, 0.15) is 5.82 Å². The van der Waals surface area contributed by atoms with Crippen LogP contribution in [0.4, 0.5) is 4.39 Å². The zero-order chi connectivity index (χ0) is 15.1. The summed E-state index contributed by atoms with van der Waals surface area (Å²) >= 11 is 0. The van der Waals surface area contributed by atoms with Gasteiger partial charge in [-0.2, -0.15) is 0 Å². The number of hydrogen-bond acceptors (Lipinski definition) is 3. The van der Waals surface area contributed by atoms with Crippen LogP contribution < -0.4 is 11.1 Å². The van der Waals surface area contributed by atoms with Gasteiger partial charge in [0, 0.05) is 12.6 Å². The number of benzene rings is 1. The summed E-state index contributed by atoms with van der Waals surface area (Å²) < 4.78 is 13.0. The van der Waals surface area contributed by atoms with Gasteiger partial charge >= 0.3 is 0 Å². The van der Waals surface area contributed by atoms with Crippen LogP contribution in [-0.4, -0.2) is 36.5 Å². The van der Waals surface area contributed by atoms with Crippen molar-refractivity contribution in [3.05, 3.63) is 35.6 Å². The van der Waals surface area contributed by atoms with Crippen molar-refractivity contribution in [3.63, 3.8) is 0 Å². The quantitative estimate of drug-likeness (QED) is 0.799. The van der Waals surface area contributed by atoms with Gasteiger partial charge in [-0.1, -0.05) is 19.1 Å². The Hall–Kier alpha value is -1.46. The Morgan fingerprint density at radius 1 is 1.35 bits per heavy atom. The minimum absolute atomic E-state index is 0.0258. The van der Waals surface area contributed by atoms with Gasteiger partial charge < -0.3 is 11.1 Å². The van der Waals surface area contributed by atoms with Gasteiger partial charge in [-0.15, -0.1) is 0 Å². The van der Waals surface area contributed by atoms with Crippen molar-refractivity contribution in [1.29, 1.82) is 0 Å². The molecule has 1 aromatic rings. The molecule has 1 amide bonds. The molecule has 112 valence electrons. The van der Waals surface area contributed by atoms with Crippen molar-refractivity contribution in [2.75, 3.05) is 19.6 Å². The molecule has 5 heteroatoms. The minimum atomic E-state index is -0.274. The number of likely N-dealkylation sites (N-methyl/N-ethyl adjacent to an activating group) is 2. The minimum Gasteiger partial charge on any atom is -0.355 e. The number of halogens is 1. The van der Waals surface area contributed by atoms with Gasteiger partial charge in [-0.3, -0.25) is 9.69 Å². The molecular formula is C15H24FN3O. The number of amides is 1. The molecule has 1 aromatic carbocycles. The van der Waals surface area contributed by atoms with Gasteiger partial charge in [-0.05, 0) is 38.1 Å². The lowest BCUT2D eigenvalue weighted by atomic mass is 9.99. The zero-order valence-corrected chi connectivity index (χ0v) is 12.4.